The summed E-state index contributed by atoms with van der Waals surface area (Å²) in [4.78, 5) is 0. The summed E-state index contributed by atoms with van der Waals surface area (Å²) < 4.78 is 2.09. The SMILES string of the molecule is CCCCCCCCc1cc(C)cc(N=[N+](C=Cc2cc(CCCC)c(CC)c(CCCC)c2)CC)c1. The molecule has 0 radical (unpaired) electrons. The number of benzene rings is 2. The van der Waals surface area contributed by atoms with E-state index in [1.54, 1.807) is 16.7 Å². The molecule has 0 saturated carbocycles. The van der Waals surface area contributed by atoms with Crippen LogP contribution in [0.5, 0.6) is 0 Å². The van der Waals surface area contributed by atoms with Gasteiger partial charge in [-0.1, -0.05) is 95.5 Å². The smallest absolute Gasteiger partial charge is 0.0910 e. The molecule has 2 aromatic rings. The Hall–Kier alpha value is -2.22. The first kappa shape index (κ1) is 31.0. The summed E-state index contributed by atoms with van der Waals surface area (Å²) in [5.74, 6) is 0. The number of hydrogen-bond donors (Lipinski definition) is 0. The molecule has 2 nitrogen and oxygen atoms in total. The molecule has 0 spiro atoms. The van der Waals surface area contributed by atoms with Gasteiger partial charge in [-0.2, -0.15) is 0 Å². The summed E-state index contributed by atoms with van der Waals surface area (Å²) in [5, 5.41) is 5.01. The molecule has 2 rings (SSSR count). The van der Waals surface area contributed by atoms with Crippen molar-refractivity contribution in [1.29, 1.82) is 0 Å². The molecule has 0 N–H and O–H groups in total. The van der Waals surface area contributed by atoms with Crippen LogP contribution >= 0.6 is 0 Å². The largest absolute Gasteiger partial charge is 0.196 e. The van der Waals surface area contributed by atoms with Crippen molar-refractivity contribution in [3.8, 4) is 0 Å². The molecule has 2 aromatic carbocycles. The van der Waals surface area contributed by atoms with E-state index in [1.807, 2.05) is 0 Å². The fourth-order valence-electron chi connectivity index (χ4n) is 5.24. The van der Waals surface area contributed by atoms with Crippen LogP contribution in [0.1, 0.15) is 132 Å². The molecule has 0 aromatic heterocycles. The number of hydrogen-bond acceptors (Lipinski definition) is 1. The molecule has 204 valence electrons. The first-order valence-electron chi connectivity index (χ1n) is 15.5. The van der Waals surface area contributed by atoms with E-state index in [-0.39, 0.29) is 0 Å². The third-order valence-electron chi connectivity index (χ3n) is 7.36. The van der Waals surface area contributed by atoms with Crippen LogP contribution < -0.4 is 0 Å². The second-order valence-electron chi connectivity index (χ2n) is 10.7. The van der Waals surface area contributed by atoms with Gasteiger partial charge >= 0.3 is 0 Å². The lowest BCUT2D eigenvalue weighted by Crippen LogP contribution is -2.02. The Labute approximate surface area is 229 Å². The van der Waals surface area contributed by atoms with Gasteiger partial charge in [0.1, 0.15) is 5.69 Å². The maximum Gasteiger partial charge on any atom is 0.196 e. The van der Waals surface area contributed by atoms with Crippen LogP contribution in [0.4, 0.5) is 5.69 Å². The minimum atomic E-state index is 0.857. The normalized spacial score (nSPS) is 12.1. The Morgan fingerprint density at radius 3 is 1.89 bits per heavy atom. The van der Waals surface area contributed by atoms with Crippen molar-refractivity contribution >= 4 is 11.8 Å². The molecule has 0 atom stereocenters. The van der Waals surface area contributed by atoms with E-state index in [2.05, 4.69) is 88.8 Å². The summed E-state index contributed by atoms with van der Waals surface area (Å²) in [5.41, 5.74) is 9.81. The minimum absolute atomic E-state index is 0.857. The molecule has 0 aliphatic heterocycles. The number of azo groups is 2. The highest BCUT2D eigenvalue weighted by Gasteiger charge is 2.10. The van der Waals surface area contributed by atoms with Crippen molar-refractivity contribution in [3.63, 3.8) is 0 Å². The molecule has 0 fully saturated rings. The number of aryl methyl sites for hydroxylation is 4. The van der Waals surface area contributed by atoms with Gasteiger partial charge in [0.2, 0.25) is 0 Å². The van der Waals surface area contributed by atoms with Gasteiger partial charge in [0.25, 0.3) is 0 Å². The van der Waals surface area contributed by atoms with E-state index in [9.17, 15) is 0 Å². The quantitative estimate of drug-likeness (QED) is 0.109. The fourth-order valence-corrected chi connectivity index (χ4v) is 5.24. The van der Waals surface area contributed by atoms with E-state index in [1.165, 1.54) is 93.7 Å². The van der Waals surface area contributed by atoms with Crippen molar-refractivity contribution in [2.45, 2.75) is 131 Å². The average Bonchev–Trinajstić information content (AvgIpc) is 2.90. The zero-order valence-electron chi connectivity index (χ0n) is 25.0. The Bertz CT molecular complexity index is 954. The van der Waals surface area contributed by atoms with E-state index in [4.69, 9.17) is 5.11 Å². The predicted molar refractivity (Wildman–Crippen MR) is 163 cm³/mol. The molecular weight excluding hydrogens is 448 g/mol. The van der Waals surface area contributed by atoms with E-state index in [0.717, 1.165) is 25.1 Å². The first-order chi connectivity index (χ1) is 18.0. The second-order valence-corrected chi connectivity index (χ2v) is 10.7. The van der Waals surface area contributed by atoms with Crippen LogP contribution in [0.2, 0.25) is 0 Å². The van der Waals surface area contributed by atoms with Gasteiger partial charge in [0, 0.05) is 6.08 Å². The zero-order chi connectivity index (χ0) is 26.9. The number of nitrogens with zero attached hydrogens (tertiary/aromatic N) is 2. The van der Waals surface area contributed by atoms with Crippen molar-refractivity contribution in [2.75, 3.05) is 6.54 Å². The summed E-state index contributed by atoms with van der Waals surface area (Å²) in [6, 6.07) is 11.7. The second kappa shape index (κ2) is 18.1. The van der Waals surface area contributed by atoms with Crippen molar-refractivity contribution in [2.24, 2.45) is 5.11 Å². The number of unbranched alkanes of at least 4 members (excludes halogenated alkanes) is 7. The van der Waals surface area contributed by atoms with Crippen molar-refractivity contribution in [1.82, 2.24) is 0 Å². The van der Waals surface area contributed by atoms with Gasteiger partial charge in [-0.25, -0.2) is 0 Å². The highest BCUT2D eigenvalue weighted by Crippen LogP contribution is 2.24. The molecular formula is C35H55N2+. The molecule has 0 unspecified atom stereocenters. The van der Waals surface area contributed by atoms with Gasteiger partial charge in [-0.05, 0) is 109 Å². The molecule has 0 aliphatic rings. The highest BCUT2D eigenvalue weighted by molar-refractivity contribution is 5.54. The molecule has 2 heteroatoms. The molecule has 0 amide bonds. The van der Waals surface area contributed by atoms with E-state index in [0.29, 0.717) is 0 Å². The van der Waals surface area contributed by atoms with Crippen molar-refractivity contribution in [3.05, 3.63) is 69.9 Å². The maximum atomic E-state index is 5.01. The minimum Gasteiger partial charge on any atom is -0.0910 e. The summed E-state index contributed by atoms with van der Waals surface area (Å²) in [7, 11) is 0. The summed E-state index contributed by atoms with van der Waals surface area (Å²) >= 11 is 0. The Balaban J connectivity index is 2.21. The third-order valence-corrected chi connectivity index (χ3v) is 7.36. The average molecular weight is 504 g/mol. The van der Waals surface area contributed by atoms with Gasteiger partial charge < -0.3 is 0 Å². The topological polar surface area (TPSA) is 15.4 Å². The van der Waals surface area contributed by atoms with E-state index < -0.39 is 0 Å². The lowest BCUT2D eigenvalue weighted by Gasteiger charge is -2.15. The van der Waals surface area contributed by atoms with Gasteiger partial charge in [0.05, 0.1) is 0 Å². The first-order valence-corrected chi connectivity index (χ1v) is 15.5. The van der Waals surface area contributed by atoms with Crippen LogP contribution in [0, 0.1) is 6.92 Å². The fraction of sp³-hybridized carbons (Fsp3) is 0.600. The molecule has 0 aliphatic carbocycles. The zero-order valence-corrected chi connectivity index (χ0v) is 25.0. The van der Waals surface area contributed by atoms with Crippen LogP contribution in [0.15, 0.2) is 41.6 Å². The maximum absolute atomic E-state index is 5.01. The highest BCUT2D eigenvalue weighted by atomic mass is 15.2. The van der Waals surface area contributed by atoms with Gasteiger partial charge in [-0.15, -0.1) is 0 Å². The monoisotopic (exact) mass is 503 g/mol. The van der Waals surface area contributed by atoms with Crippen LogP contribution in [-0.2, 0) is 25.7 Å². The predicted octanol–water partition coefficient (Wildman–Crippen LogP) is 10.9. The Morgan fingerprint density at radius 1 is 0.676 bits per heavy atom. The molecule has 0 heterocycles. The Kier molecular flexibility index (Phi) is 15.2. The van der Waals surface area contributed by atoms with Crippen LogP contribution in [-0.4, -0.2) is 11.2 Å². The van der Waals surface area contributed by atoms with Crippen LogP contribution in [0.25, 0.3) is 6.08 Å². The standard InChI is InChI=1S/C35H55N2/c1-7-12-15-16-17-18-19-30-24-29(6)25-34(28-30)36-37(11-5)23-22-31-26-32(20-13-8-2)35(10-4)33(27-31)21-14-9-3/h22-28H,7-21H2,1-6H3/q+1. The lowest BCUT2D eigenvalue weighted by atomic mass is 9.90. The summed E-state index contributed by atoms with van der Waals surface area (Å²) in [6.45, 7) is 14.4. The van der Waals surface area contributed by atoms with E-state index >= 15 is 0 Å². The number of rotatable bonds is 18. The molecule has 0 saturated heterocycles. The van der Waals surface area contributed by atoms with Crippen LogP contribution in [0.3, 0.4) is 0 Å². The molecule has 0 bridgehead atoms. The third kappa shape index (κ3) is 11.4. The molecule has 37 heavy (non-hydrogen) atoms. The van der Waals surface area contributed by atoms with Gasteiger partial charge in [-0.3, -0.25) is 0 Å². The summed E-state index contributed by atoms with van der Waals surface area (Å²) in [6.07, 6.45) is 22.2. The van der Waals surface area contributed by atoms with Gasteiger partial charge in [0.15, 0.2) is 12.7 Å². The van der Waals surface area contributed by atoms with Crippen molar-refractivity contribution < 1.29 is 4.70 Å². The Morgan fingerprint density at radius 2 is 1.30 bits per heavy atom. The lowest BCUT2D eigenvalue weighted by molar-refractivity contribution is -0.519.